The molecule has 0 aliphatic carbocycles. The Morgan fingerprint density at radius 1 is 1.60 bits per heavy atom. The molecule has 3 nitrogen and oxygen atoms in total. The van der Waals surface area contributed by atoms with Crippen LogP contribution in [0.2, 0.25) is 0 Å². The second-order valence-electron chi connectivity index (χ2n) is 3.88. The fraction of sp³-hybridized carbons (Fsp3) is 0.889. The summed E-state index contributed by atoms with van der Waals surface area (Å²) in [4.78, 5) is 12.4. The van der Waals surface area contributed by atoms with Crippen LogP contribution < -0.4 is 5.32 Å². The van der Waals surface area contributed by atoms with Crippen LogP contribution in [-0.4, -0.2) is 36.2 Å². The summed E-state index contributed by atoms with van der Waals surface area (Å²) in [7, 11) is 0. The van der Waals surface area contributed by atoms with E-state index < -0.39 is 24.7 Å². The van der Waals surface area contributed by atoms with E-state index in [0.717, 1.165) is 11.3 Å². The van der Waals surface area contributed by atoms with Gasteiger partial charge in [-0.3, -0.25) is 10.1 Å². The van der Waals surface area contributed by atoms with Gasteiger partial charge in [0.2, 0.25) is 5.91 Å². The first-order valence-corrected chi connectivity index (χ1v) is 4.94. The lowest BCUT2D eigenvalue weighted by molar-refractivity contribution is -0.158. The zero-order valence-electron chi connectivity index (χ0n) is 8.77. The van der Waals surface area contributed by atoms with Crippen LogP contribution in [0.3, 0.4) is 0 Å². The Balaban J connectivity index is 2.57. The number of hydrogen-bond donors (Lipinski definition) is 1. The van der Waals surface area contributed by atoms with E-state index >= 15 is 0 Å². The summed E-state index contributed by atoms with van der Waals surface area (Å²) < 4.78 is 36.2. The summed E-state index contributed by atoms with van der Waals surface area (Å²) in [5.41, 5.74) is 0. The Morgan fingerprint density at radius 2 is 2.20 bits per heavy atom. The zero-order chi connectivity index (χ0) is 11.6. The predicted molar refractivity (Wildman–Crippen MR) is 49.0 cm³/mol. The molecule has 1 N–H and O–H groups in total. The lowest BCUT2D eigenvalue weighted by atomic mass is 9.99. The number of nitrogens with zero attached hydrogens (tertiary/aromatic N) is 1. The van der Waals surface area contributed by atoms with Gasteiger partial charge < -0.3 is 4.90 Å². The van der Waals surface area contributed by atoms with Crippen LogP contribution in [-0.2, 0) is 4.79 Å². The van der Waals surface area contributed by atoms with Gasteiger partial charge in [0.25, 0.3) is 0 Å². The van der Waals surface area contributed by atoms with Gasteiger partial charge in [-0.25, -0.2) is 0 Å². The number of amides is 1. The normalized spacial score (nSPS) is 24.7. The van der Waals surface area contributed by atoms with Gasteiger partial charge in [-0.15, -0.1) is 0 Å². The molecule has 0 bridgehead atoms. The van der Waals surface area contributed by atoms with Crippen LogP contribution in [0.1, 0.15) is 20.3 Å². The maximum absolute atomic E-state index is 12.1. The van der Waals surface area contributed by atoms with E-state index in [-0.39, 0.29) is 12.6 Å². The van der Waals surface area contributed by atoms with Crippen molar-refractivity contribution in [2.45, 2.75) is 32.5 Å². The number of hydrogen-bond acceptors (Lipinski definition) is 2. The fourth-order valence-electron chi connectivity index (χ4n) is 1.60. The molecule has 0 aromatic carbocycles. The maximum Gasteiger partial charge on any atom is 0.406 e. The molecule has 15 heavy (non-hydrogen) atoms. The van der Waals surface area contributed by atoms with Gasteiger partial charge in [0.05, 0.1) is 12.7 Å². The number of alkyl halides is 3. The van der Waals surface area contributed by atoms with E-state index in [4.69, 9.17) is 0 Å². The van der Waals surface area contributed by atoms with Crippen molar-refractivity contribution in [2.75, 3.05) is 13.2 Å². The minimum Gasteiger partial charge on any atom is -0.319 e. The van der Waals surface area contributed by atoms with Crippen LogP contribution in [0.25, 0.3) is 0 Å². The average molecular weight is 224 g/mol. The quantitative estimate of drug-likeness (QED) is 0.784. The monoisotopic (exact) mass is 224 g/mol. The van der Waals surface area contributed by atoms with Crippen molar-refractivity contribution in [1.29, 1.82) is 0 Å². The smallest absolute Gasteiger partial charge is 0.319 e. The summed E-state index contributed by atoms with van der Waals surface area (Å²) >= 11 is 0. The summed E-state index contributed by atoms with van der Waals surface area (Å²) in [6, 6.07) is -0.461. The zero-order valence-corrected chi connectivity index (χ0v) is 8.77. The van der Waals surface area contributed by atoms with E-state index in [9.17, 15) is 18.0 Å². The summed E-state index contributed by atoms with van der Waals surface area (Å²) in [6.07, 6.45) is -3.55. The molecule has 0 aromatic heterocycles. The van der Waals surface area contributed by atoms with Crippen molar-refractivity contribution in [3.63, 3.8) is 0 Å². The molecule has 1 rings (SSSR count). The topological polar surface area (TPSA) is 32.3 Å². The number of carbonyl (C=O) groups excluding carboxylic acids is 1. The lowest BCUT2D eigenvalue weighted by Gasteiger charge is -2.19. The fourth-order valence-corrected chi connectivity index (χ4v) is 1.60. The van der Waals surface area contributed by atoms with Crippen LogP contribution in [0, 0.1) is 5.92 Å². The number of nitrogens with one attached hydrogen (secondary N) is 1. The SMILES string of the molecule is CCC(C)C1NCN(CC(F)(F)F)C1=O. The minimum atomic E-state index is -4.32. The third-order valence-electron chi connectivity index (χ3n) is 2.66. The number of carbonyl (C=O) groups is 1. The van der Waals surface area contributed by atoms with E-state index in [1.165, 1.54) is 0 Å². The molecular weight excluding hydrogens is 209 g/mol. The maximum atomic E-state index is 12.1. The molecule has 1 amide bonds. The van der Waals surface area contributed by atoms with Crippen molar-refractivity contribution >= 4 is 5.91 Å². The number of halogens is 3. The second-order valence-corrected chi connectivity index (χ2v) is 3.88. The van der Waals surface area contributed by atoms with E-state index in [2.05, 4.69) is 5.32 Å². The molecule has 1 aliphatic rings. The molecular formula is C9H15F3N2O. The van der Waals surface area contributed by atoms with E-state index in [1.807, 2.05) is 13.8 Å². The first-order chi connectivity index (χ1) is 6.85. The van der Waals surface area contributed by atoms with Crippen molar-refractivity contribution in [1.82, 2.24) is 10.2 Å². The van der Waals surface area contributed by atoms with Crippen LogP contribution in [0.5, 0.6) is 0 Å². The largest absolute Gasteiger partial charge is 0.406 e. The molecule has 1 fully saturated rings. The highest BCUT2D eigenvalue weighted by atomic mass is 19.4. The van der Waals surface area contributed by atoms with Crippen LogP contribution >= 0.6 is 0 Å². The lowest BCUT2D eigenvalue weighted by Crippen LogP contribution is -2.39. The highest BCUT2D eigenvalue weighted by molar-refractivity contribution is 5.84. The standard InChI is InChI=1S/C9H15F3N2O/c1-3-6(2)7-8(15)14(5-13-7)4-9(10,11)12/h6-7,13H,3-5H2,1-2H3. The van der Waals surface area contributed by atoms with Crippen molar-refractivity contribution in [2.24, 2.45) is 5.92 Å². The summed E-state index contributed by atoms with van der Waals surface area (Å²) in [5, 5.41) is 2.81. The molecule has 0 radical (unpaired) electrons. The Labute approximate surface area is 86.6 Å². The van der Waals surface area contributed by atoms with Gasteiger partial charge in [-0.05, 0) is 5.92 Å². The highest BCUT2D eigenvalue weighted by Gasteiger charge is 2.40. The van der Waals surface area contributed by atoms with Crippen molar-refractivity contribution in [3.05, 3.63) is 0 Å². The first kappa shape index (κ1) is 12.3. The first-order valence-electron chi connectivity index (χ1n) is 4.94. The minimum absolute atomic E-state index is 0.00660. The Hall–Kier alpha value is -0.780. The molecule has 2 atom stereocenters. The van der Waals surface area contributed by atoms with Crippen molar-refractivity contribution < 1.29 is 18.0 Å². The summed E-state index contributed by atoms with van der Waals surface area (Å²) in [5.74, 6) is -0.377. The Morgan fingerprint density at radius 3 is 2.67 bits per heavy atom. The van der Waals surface area contributed by atoms with Gasteiger partial charge in [0.1, 0.15) is 6.54 Å². The van der Waals surface area contributed by atoms with Gasteiger partial charge in [0.15, 0.2) is 0 Å². The van der Waals surface area contributed by atoms with Gasteiger partial charge in [-0.2, -0.15) is 13.2 Å². The van der Waals surface area contributed by atoms with Gasteiger partial charge in [0, 0.05) is 0 Å². The van der Waals surface area contributed by atoms with E-state index in [1.54, 1.807) is 0 Å². The number of rotatable bonds is 3. The Bertz CT molecular complexity index is 242. The Kier molecular flexibility index (Phi) is 3.59. The van der Waals surface area contributed by atoms with Gasteiger partial charge in [-0.1, -0.05) is 20.3 Å². The van der Waals surface area contributed by atoms with Crippen molar-refractivity contribution in [3.8, 4) is 0 Å². The molecule has 6 heteroatoms. The second kappa shape index (κ2) is 4.38. The molecule has 0 spiro atoms. The molecule has 1 aliphatic heterocycles. The van der Waals surface area contributed by atoms with Crippen LogP contribution in [0.15, 0.2) is 0 Å². The van der Waals surface area contributed by atoms with E-state index in [0.29, 0.717) is 0 Å². The highest BCUT2D eigenvalue weighted by Crippen LogP contribution is 2.21. The molecule has 88 valence electrons. The third-order valence-corrected chi connectivity index (χ3v) is 2.66. The third kappa shape index (κ3) is 3.09. The average Bonchev–Trinajstić information content (AvgIpc) is 2.45. The van der Waals surface area contributed by atoms with Gasteiger partial charge >= 0.3 is 6.18 Å². The molecule has 1 saturated heterocycles. The molecule has 1 heterocycles. The predicted octanol–water partition coefficient (Wildman–Crippen LogP) is 1.35. The molecule has 0 saturated carbocycles. The molecule has 2 unspecified atom stereocenters. The summed E-state index contributed by atoms with van der Waals surface area (Å²) in [6.45, 7) is 2.60. The van der Waals surface area contributed by atoms with Crippen LogP contribution in [0.4, 0.5) is 13.2 Å². The molecule has 0 aromatic rings.